The molecule has 1 fully saturated rings. The van der Waals surface area contributed by atoms with Crippen LogP contribution in [0.3, 0.4) is 0 Å². The van der Waals surface area contributed by atoms with Crippen molar-refractivity contribution >= 4 is 0 Å². The van der Waals surface area contributed by atoms with E-state index >= 15 is 0 Å². The van der Waals surface area contributed by atoms with Crippen molar-refractivity contribution in [3.8, 4) is 0 Å². The van der Waals surface area contributed by atoms with Crippen LogP contribution < -0.4 is 11.1 Å². The van der Waals surface area contributed by atoms with Crippen LogP contribution in [0.15, 0.2) is 0 Å². The molecule has 0 aromatic carbocycles. The van der Waals surface area contributed by atoms with Crippen LogP contribution in [0.4, 0.5) is 0 Å². The van der Waals surface area contributed by atoms with Gasteiger partial charge >= 0.3 is 0 Å². The molecule has 0 aromatic heterocycles. The smallest absolute Gasteiger partial charge is 0.00104 e. The van der Waals surface area contributed by atoms with Gasteiger partial charge in [-0.05, 0) is 50.5 Å². The van der Waals surface area contributed by atoms with Crippen molar-refractivity contribution in [2.75, 3.05) is 13.1 Å². The van der Waals surface area contributed by atoms with Gasteiger partial charge in [-0.2, -0.15) is 0 Å². The Hall–Kier alpha value is -0.0800. The van der Waals surface area contributed by atoms with Crippen LogP contribution in [0.5, 0.6) is 0 Å². The second-order valence-corrected chi connectivity index (χ2v) is 5.95. The van der Waals surface area contributed by atoms with E-state index in [4.69, 9.17) is 5.73 Å². The lowest BCUT2D eigenvalue weighted by atomic mass is 10.0. The number of rotatable bonds is 8. The number of hydrogen-bond donors (Lipinski definition) is 2. The van der Waals surface area contributed by atoms with E-state index < -0.39 is 0 Å². The third kappa shape index (κ3) is 6.16. The quantitative estimate of drug-likeness (QED) is 0.649. The molecule has 0 heterocycles. The highest BCUT2D eigenvalue weighted by atomic mass is 14.9. The fraction of sp³-hybridized carbons (Fsp3) is 1.00. The maximum absolute atomic E-state index is 5.73. The second kappa shape index (κ2) is 5.86. The lowest BCUT2D eigenvalue weighted by molar-refractivity contribution is 0.417. The van der Waals surface area contributed by atoms with Gasteiger partial charge in [0.2, 0.25) is 0 Å². The van der Waals surface area contributed by atoms with Gasteiger partial charge < -0.3 is 11.1 Å². The van der Waals surface area contributed by atoms with Crippen LogP contribution in [0.1, 0.15) is 52.9 Å². The van der Waals surface area contributed by atoms with Crippen LogP contribution in [0.25, 0.3) is 0 Å². The third-order valence-electron chi connectivity index (χ3n) is 3.50. The van der Waals surface area contributed by atoms with Crippen molar-refractivity contribution in [1.29, 1.82) is 0 Å². The average molecular weight is 212 g/mol. The molecule has 0 aliphatic heterocycles. The van der Waals surface area contributed by atoms with Gasteiger partial charge in [0.1, 0.15) is 0 Å². The van der Waals surface area contributed by atoms with Gasteiger partial charge in [-0.1, -0.05) is 20.3 Å². The van der Waals surface area contributed by atoms with Crippen LogP contribution in [-0.2, 0) is 0 Å². The Kier molecular flexibility index (Phi) is 5.07. The summed E-state index contributed by atoms with van der Waals surface area (Å²) in [5.74, 6) is 0.797. The zero-order valence-corrected chi connectivity index (χ0v) is 10.7. The summed E-state index contributed by atoms with van der Waals surface area (Å²) < 4.78 is 0. The summed E-state index contributed by atoms with van der Waals surface area (Å²) in [6.07, 6.45) is 6.59. The summed E-state index contributed by atoms with van der Waals surface area (Å²) in [5, 5.41) is 3.59. The zero-order valence-electron chi connectivity index (χ0n) is 10.7. The monoisotopic (exact) mass is 212 g/mol. The Morgan fingerprint density at radius 3 is 2.47 bits per heavy atom. The first kappa shape index (κ1) is 13.0. The molecule has 0 bridgehead atoms. The Bertz CT molecular complexity index is 173. The molecule has 0 radical (unpaired) electrons. The fourth-order valence-electron chi connectivity index (χ4n) is 1.90. The lowest BCUT2D eigenvalue weighted by Crippen LogP contribution is -2.27. The summed E-state index contributed by atoms with van der Waals surface area (Å²) >= 11 is 0. The summed E-state index contributed by atoms with van der Waals surface area (Å²) in [6.45, 7) is 9.19. The first-order valence-corrected chi connectivity index (χ1v) is 6.48. The normalized spacial score (nSPS) is 22.4. The molecule has 0 saturated heterocycles. The molecule has 2 unspecified atom stereocenters. The van der Waals surface area contributed by atoms with Gasteiger partial charge in [0.05, 0.1) is 0 Å². The number of nitrogens with two attached hydrogens (primary N) is 1. The van der Waals surface area contributed by atoms with Gasteiger partial charge in [0.15, 0.2) is 0 Å². The molecule has 0 spiro atoms. The van der Waals surface area contributed by atoms with Crippen molar-refractivity contribution in [1.82, 2.24) is 5.32 Å². The predicted octanol–water partition coefficient (Wildman–Crippen LogP) is 2.53. The minimum atomic E-state index is 0.371. The fourth-order valence-corrected chi connectivity index (χ4v) is 1.90. The average Bonchev–Trinajstić information content (AvgIpc) is 2.83. The zero-order chi connectivity index (χ0) is 11.3. The molecule has 1 aliphatic carbocycles. The molecule has 2 atom stereocenters. The Labute approximate surface area is 95.0 Å². The molecule has 15 heavy (non-hydrogen) atoms. The maximum atomic E-state index is 5.73. The number of hydrogen-bond acceptors (Lipinski definition) is 2. The van der Waals surface area contributed by atoms with E-state index in [0.29, 0.717) is 11.5 Å². The summed E-state index contributed by atoms with van der Waals surface area (Å²) in [6, 6.07) is 0.371. The largest absolute Gasteiger partial charge is 0.328 e. The van der Waals surface area contributed by atoms with Gasteiger partial charge in [0, 0.05) is 12.6 Å². The standard InChI is InChI=1S/C13H28N2/c1-11(5-4-6-12(2)14)9-15-10-13(3)7-8-13/h11-12,15H,4-10,14H2,1-3H3. The first-order valence-electron chi connectivity index (χ1n) is 6.48. The Morgan fingerprint density at radius 2 is 1.93 bits per heavy atom. The Balaban J connectivity index is 1.91. The van der Waals surface area contributed by atoms with Gasteiger partial charge in [-0.3, -0.25) is 0 Å². The number of nitrogens with one attached hydrogen (secondary N) is 1. The van der Waals surface area contributed by atoms with Crippen LogP contribution >= 0.6 is 0 Å². The summed E-state index contributed by atoms with van der Waals surface area (Å²) in [7, 11) is 0. The topological polar surface area (TPSA) is 38.0 Å². The van der Waals surface area contributed by atoms with Crippen molar-refractivity contribution in [3.05, 3.63) is 0 Å². The second-order valence-electron chi connectivity index (χ2n) is 5.95. The molecular formula is C13H28N2. The van der Waals surface area contributed by atoms with E-state index in [1.807, 2.05) is 0 Å². The third-order valence-corrected chi connectivity index (χ3v) is 3.50. The first-order chi connectivity index (χ1) is 7.02. The van der Waals surface area contributed by atoms with Crippen LogP contribution in [0.2, 0.25) is 0 Å². The van der Waals surface area contributed by atoms with Crippen molar-refractivity contribution in [2.45, 2.75) is 58.9 Å². The van der Waals surface area contributed by atoms with Crippen molar-refractivity contribution < 1.29 is 0 Å². The van der Waals surface area contributed by atoms with E-state index in [2.05, 4.69) is 26.1 Å². The molecule has 0 amide bonds. The molecule has 3 N–H and O–H groups in total. The van der Waals surface area contributed by atoms with E-state index in [9.17, 15) is 0 Å². The molecular weight excluding hydrogens is 184 g/mol. The van der Waals surface area contributed by atoms with Gasteiger partial charge in [-0.25, -0.2) is 0 Å². The van der Waals surface area contributed by atoms with Crippen LogP contribution in [0, 0.1) is 11.3 Å². The van der Waals surface area contributed by atoms with Crippen molar-refractivity contribution in [2.24, 2.45) is 17.1 Å². The minimum absolute atomic E-state index is 0.371. The van der Waals surface area contributed by atoms with Crippen molar-refractivity contribution in [3.63, 3.8) is 0 Å². The highest BCUT2D eigenvalue weighted by Gasteiger charge is 2.36. The molecule has 1 aliphatic rings. The van der Waals surface area contributed by atoms with Gasteiger partial charge in [0.25, 0.3) is 0 Å². The summed E-state index contributed by atoms with van der Waals surface area (Å²) in [5.41, 5.74) is 6.37. The lowest BCUT2D eigenvalue weighted by Gasteiger charge is -2.15. The summed E-state index contributed by atoms with van der Waals surface area (Å²) in [4.78, 5) is 0. The predicted molar refractivity (Wildman–Crippen MR) is 66.9 cm³/mol. The molecule has 2 heteroatoms. The molecule has 1 rings (SSSR count). The highest BCUT2D eigenvalue weighted by Crippen LogP contribution is 2.44. The molecule has 1 saturated carbocycles. The van der Waals surface area contributed by atoms with E-state index in [-0.39, 0.29) is 0 Å². The minimum Gasteiger partial charge on any atom is -0.328 e. The maximum Gasteiger partial charge on any atom is 0.00104 e. The Morgan fingerprint density at radius 1 is 1.27 bits per heavy atom. The SMILES string of the molecule is CC(N)CCCC(C)CNCC1(C)CC1. The molecule has 0 aromatic rings. The van der Waals surface area contributed by atoms with E-state index in [1.54, 1.807) is 0 Å². The van der Waals surface area contributed by atoms with Gasteiger partial charge in [-0.15, -0.1) is 0 Å². The highest BCUT2D eigenvalue weighted by molar-refractivity contribution is 4.90. The molecule has 2 nitrogen and oxygen atoms in total. The van der Waals surface area contributed by atoms with Crippen LogP contribution in [-0.4, -0.2) is 19.1 Å². The molecule has 90 valence electrons. The van der Waals surface area contributed by atoms with E-state index in [0.717, 1.165) is 5.92 Å². The van der Waals surface area contributed by atoms with E-state index in [1.165, 1.54) is 45.2 Å².